The molecule has 2 N–H and O–H groups in total. The molecule has 0 aromatic carbocycles. The Balaban J connectivity index is 2.03. The van der Waals surface area contributed by atoms with Crippen molar-refractivity contribution in [2.75, 3.05) is 18.0 Å². The van der Waals surface area contributed by atoms with E-state index in [1.807, 2.05) is 6.20 Å². The minimum absolute atomic E-state index is 0.574. The van der Waals surface area contributed by atoms with Crippen LogP contribution in [0, 0.1) is 5.92 Å². The summed E-state index contributed by atoms with van der Waals surface area (Å²) in [5.74, 6) is 1.96. The van der Waals surface area contributed by atoms with E-state index in [1.165, 1.54) is 12.8 Å². The molecule has 0 unspecified atom stereocenters. The summed E-state index contributed by atoms with van der Waals surface area (Å²) in [4.78, 5) is 6.81. The summed E-state index contributed by atoms with van der Waals surface area (Å²) in [6.45, 7) is 5.17. The molecule has 0 atom stereocenters. The third-order valence-electron chi connectivity index (χ3n) is 3.15. The van der Waals surface area contributed by atoms with Crippen LogP contribution in [0.5, 0.6) is 0 Å². The SMILES string of the molecule is CC1CCN(c2ccc(CN)cn2)CC1. The van der Waals surface area contributed by atoms with E-state index < -0.39 is 0 Å². The second kappa shape index (κ2) is 4.62. The minimum Gasteiger partial charge on any atom is -0.357 e. The molecule has 0 aliphatic carbocycles. The van der Waals surface area contributed by atoms with E-state index in [0.29, 0.717) is 6.54 Å². The van der Waals surface area contributed by atoms with E-state index in [-0.39, 0.29) is 0 Å². The molecular weight excluding hydrogens is 186 g/mol. The molecule has 1 aliphatic rings. The second-order valence-corrected chi connectivity index (χ2v) is 4.40. The largest absolute Gasteiger partial charge is 0.357 e. The van der Waals surface area contributed by atoms with Crippen LogP contribution < -0.4 is 10.6 Å². The van der Waals surface area contributed by atoms with Gasteiger partial charge in [-0.1, -0.05) is 13.0 Å². The van der Waals surface area contributed by atoms with Crippen molar-refractivity contribution in [1.29, 1.82) is 0 Å². The fourth-order valence-electron chi connectivity index (χ4n) is 1.96. The molecule has 1 aliphatic heterocycles. The van der Waals surface area contributed by atoms with Gasteiger partial charge in [-0.05, 0) is 30.4 Å². The Labute approximate surface area is 91.3 Å². The van der Waals surface area contributed by atoms with Crippen molar-refractivity contribution in [3.63, 3.8) is 0 Å². The molecule has 2 rings (SSSR count). The molecule has 82 valence electrons. The molecular formula is C12H19N3. The van der Waals surface area contributed by atoms with Gasteiger partial charge in [-0.15, -0.1) is 0 Å². The summed E-state index contributed by atoms with van der Waals surface area (Å²) < 4.78 is 0. The highest BCUT2D eigenvalue weighted by Gasteiger charge is 2.16. The number of nitrogens with zero attached hydrogens (tertiary/aromatic N) is 2. The van der Waals surface area contributed by atoms with Crippen LogP contribution >= 0.6 is 0 Å². The number of anilines is 1. The Morgan fingerprint density at radius 2 is 2.13 bits per heavy atom. The fraction of sp³-hybridized carbons (Fsp3) is 0.583. The summed E-state index contributed by atoms with van der Waals surface area (Å²) in [7, 11) is 0. The van der Waals surface area contributed by atoms with E-state index in [1.54, 1.807) is 0 Å². The first-order valence-electron chi connectivity index (χ1n) is 5.69. The molecule has 0 saturated carbocycles. The van der Waals surface area contributed by atoms with Crippen LogP contribution in [0.2, 0.25) is 0 Å². The van der Waals surface area contributed by atoms with Gasteiger partial charge >= 0.3 is 0 Å². The Morgan fingerprint density at radius 1 is 1.40 bits per heavy atom. The lowest BCUT2D eigenvalue weighted by molar-refractivity contribution is 0.436. The van der Waals surface area contributed by atoms with Gasteiger partial charge in [0.2, 0.25) is 0 Å². The van der Waals surface area contributed by atoms with Crippen molar-refractivity contribution in [2.24, 2.45) is 11.7 Å². The highest BCUT2D eigenvalue weighted by atomic mass is 15.2. The number of nitrogens with two attached hydrogens (primary N) is 1. The lowest BCUT2D eigenvalue weighted by Gasteiger charge is -2.31. The van der Waals surface area contributed by atoms with Crippen molar-refractivity contribution >= 4 is 5.82 Å². The summed E-state index contributed by atoms with van der Waals surface area (Å²) in [6.07, 6.45) is 4.44. The maximum Gasteiger partial charge on any atom is 0.128 e. The van der Waals surface area contributed by atoms with Crippen LogP contribution in [-0.2, 0) is 6.54 Å². The molecule has 3 nitrogen and oxygen atoms in total. The maximum absolute atomic E-state index is 5.54. The Hall–Kier alpha value is -1.09. The van der Waals surface area contributed by atoms with Crippen LogP contribution in [0.3, 0.4) is 0 Å². The Morgan fingerprint density at radius 3 is 2.67 bits per heavy atom. The molecule has 0 amide bonds. The summed E-state index contributed by atoms with van der Waals surface area (Å²) in [5, 5.41) is 0. The van der Waals surface area contributed by atoms with E-state index >= 15 is 0 Å². The van der Waals surface area contributed by atoms with Crippen LogP contribution in [0.15, 0.2) is 18.3 Å². The Bertz CT molecular complexity index is 299. The van der Waals surface area contributed by atoms with Gasteiger partial charge in [0.1, 0.15) is 5.82 Å². The van der Waals surface area contributed by atoms with Crippen LogP contribution in [0.4, 0.5) is 5.82 Å². The van der Waals surface area contributed by atoms with Gasteiger partial charge in [-0.25, -0.2) is 4.98 Å². The van der Waals surface area contributed by atoms with Crippen molar-refractivity contribution in [3.05, 3.63) is 23.9 Å². The molecule has 1 aromatic heterocycles. The standard InChI is InChI=1S/C12H19N3/c1-10-4-6-15(7-5-10)12-3-2-11(8-13)9-14-12/h2-3,9-10H,4-8,13H2,1H3. The van der Waals surface area contributed by atoms with Gasteiger partial charge in [0, 0.05) is 25.8 Å². The van der Waals surface area contributed by atoms with E-state index in [2.05, 4.69) is 28.9 Å². The monoisotopic (exact) mass is 205 g/mol. The number of rotatable bonds is 2. The predicted octanol–water partition coefficient (Wildman–Crippen LogP) is 1.78. The summed E-state index contributed by atoms with van der Waals surface area (Å²) >= 11 is 0. The van der Waals surface area contributed by atoms with Gasteiger partial charge in [-0.3, -0.25) is 0 Å². The third-order valence-corrected chi connectivity index (χ3v) is 3.15. The van der Waals surface area contributed by atoms with Crippen molar-refractivity contribution < 1.29 is 0 Å². The number of piperidine rings is 1. The zero-order valence-corrected chi connectivity index (χ0v) is 9.32. The lowest BCUT2D eigenvalue weighted by atomic mass is 9.99. The molecule has 1 fully saturated rings. The molecule has 3 heteroatoms. The quantitative estimate of drug-likeness (QED) is 0.800. The topological polar surface area (TPSA) is 42.1 Å². The predicted molar refractivity (Wildman–Crippen MR) is 62.7 cm³/mol. The summed E-state index contributed by atoms with van der Waals surface area (Å²) in [5.41, 5.74) is 6.64. The smallest absolute Gasteiger partial charge is 0.128 e. The van der Waals surface area contributed by atoms with E-state index in [4.69, 9.17) is 5.73 Å². The highest BCUT2D eigenvalue weighted by molar-refractivity contribution is 5.39. The molecule has 0 spiro atoms. The Kier molecular flexibility index (Phi) is 3.21. The fourth-order valence-corrected chi connectivity index (χ4v) is 1.96. The molecule has 1 saturated heterocycles. The molecule has 0 bridgehead atoms. The highest BCUT2D eigenvalue weighted by Crippen LogP contribution is 2.21. The number of pyridine rings is 1. The molecule has 2 heterocycles. The first-order valence-corrected chi connectivity index (χ1v) is 5.69. The molecule has 15 heavy (non-hydrogen) atoms. The van der Waals surface area contributed by atoms with Gasteiger partial charge in [0.15, 0.2) is 0 Å². The third kappa shape index (κ3) is 2.48. The zero-order chi connectivity index (χ0) is 10.7. The van der Waals surface area contributed by atoms with E-state index in [0.717, 1.165) is 30.4 Å². The normalized spacial score (nSPS) is 18.1. The van der Waals surface area contributed by atoms with Crippen LogP contribution in [0.1, 0.15) is 25.3 Å². The van der Waals surface area contributed by atoms with Crippen molar-refractivity contribution in [1.82, 2.24) is 4.98 Å². The number of hydrogen-bond acceptors (Lipinski definition) is 3. The van der Waals surface area contributed by atoms with Gasteiger partial charge in [0.25, 0.3) is 0 Å². The number of hydrogen-bond donors (Lipinski definition) is 1. The van der Waals surface area contributed by atoms with Crippen molar-refractivity contribution in [2.45, 2.75) is 26.3 Å². The first kappa shape index (κ1) is 10.4. The van der Waals surface area contributed by atoms with Gasteiger partial charge in [0.05, 0.1) is 0 Å². The molecule has 0 radical (unpaired) electrons. The first-order chi connectivity index (χ1) is 7.29. The lowest BCUT2D eigenvalue weighted by Crippen LogP contribution is -2.33. The van der Waals surface area contributed by atoms with E-state index in [9.17, 15) is 0 Å². The van der Waals surface area contributed by atoms with Crippen LogP contribution in [-0.4, -0.2) is 18.1 Å². The van der Waals surface area contributed by atoms with Gasteiger partial charge < -0.3 is 10.6 Å². The maximum atomic E-state index is 5.54. The summed E-state index contributed by atoms with van der Waals surface area (Å²) in [6, 6.07) is 4.15. The zero-order valence-electron chi connectivity index (χ0n) is 9.32. The average molecular weight is 205 g/mol. The number of aromatic nitrogens is 1. The molecule has 1 aromatic rings. The van der Waals surface area contributed by atoms with Crippen molar-refractivity contribution in [3.8, 4) is 0 Å². The second-order valence-electron chi connectivity index (χ2n) is 4.40. The van der Waals surface area contributed by atoms with Crippen LogP contribution in [0.25, 0.3) is 0 Å². The average Bonchev–Trinajstić information content (AvgIpc) is 2.30. The van der Waals surface area contributed by atoms with Gasteiger partial charge in [-0.2, -0.15) is 0 Å². The minimum atomic E-state index is 0.574.